The summed E-state index contributed by atoms with van der Waals surface area (Å²) in [6.45, 7) is 3.57. The molecule has 0 aliphatic rings. The van der Waals surface area contributed by atoms with E-state index in [9.17, 15) is 19.6 Å². The number of hydrogen-bond donors (Lipinski definition) is 1. The van der Waals surface area contributed by atoms with E-state index in [1.165, 1.54) is 49.6 Å². The van der Waals surface area contributed by atoms with Crippen molar-refractivity contribution in [3.05, 3.63) is 58.1 Å². The molecule has 0 radical (unpaired) electrons. The van der Waals surface area contributed by atoms with E-state index < -0.39 is 17.8 Å². The van der Waals surface area contributed by atoms with Crippen molar-refractivity contribution in [2.24, 2.45) is 0 Å². The number of amides is 1. The van der Waals surface area contributed by atoms with Gasteiger partial charge in [-0.1, -0.05) is 11.6 Å². The van der Waals surface area contributed by atoms with Crippen LogP contribution >= 0.6 is 11.6 Å². The number of carbonyl (C=O) groups is 3. The molecule has 178 valence electrons. The van der Waals surface area contributed by atoms with Crippen molar-refractivity contribution in [3.8, 4) is 17.6 Å². The second-order valence-electron chi connectivity index (χ2n) is 6.55. The number of nitriles is 1. The number of ether oxygens (including phenoxy) is 4. The van der Waals surface area contributed by atoms with Gasteiger partial charge in [0.05, 0.1) is 30.9 Å². The van der Waals surface area contributed by atoms with Gasteiger partial charge in [-0.15, -0.1) is 0 Å². The fraction of sp³-hybridized carbons (Fsp3) is 0.250. The Labute approximate surface area is 201 Å². The summed E-state index contributed by atoms with van der Waals surface area (Å²) in [6.07, 6.45) is 1.33. The predicted octanol–water partition coefficient (Wildman–Crippen LogP) is 4.01. The first-order chi connectivity index (χ1) is 16.3. The molecular formula is C24H23ClN2O7. The Kier molecular flexibility index (Phi) is 9.92. The van der Waals surface area contributed by atoms with Crippen LogP contribution in [0.15, 0.2) is 42.0 Å². The van der Waals surface area contributed by atoms with Gasteiger partial charge >= 0.3 is 11.9 Å². The molecule has 2 aromatic rings. The maximum Gasteiger partial charge on any atom is 0.344 e. The number of nitrogens with zero attached hydrogens (tertiary/aromatic N) is 1. The molecule has 2 aromatic carbocycles. The van der Waals surface area contributed by atoms with Crippen LogP contribution in [0.5, 0.6) is 11.5 Å². The maximum absolute atomic E-state index is 12.6. The third-order valence-corrected chi connectivity index (χ3v) is 4.49. The third-order valence-electron chi connectivity index (χ3n) is 4.21. The van der Waals surface area contributed by atoms with Gasteiger partial charge in [-0.3, -0.25) is 4.79 Å². The first kappa shape index (κ1) is 26.2. The van der Waals surface area contributed by atoms with Gasteiger partial charge in [-0.25, -0.2) is 9.59 Å². The van der Waals surface area contributed by atoms with Gasteiger partial charge in [0.1, 0.15) is 11.6 Å². The van der Waals surface area contributed by atoms with Crippen LogP contribution in [-0.2, 0) is 19.1 Å². The number of carbonyl (C=O) groups excluding carboxylic acids is 3. The second-order valence-corrected chi connectivity index (χ2v) is 6.96. The van der Waals surface area contributed by atoms with E-state index in [0.717, 1.165) is 0 Å². The number of rotatable bonds is 10. The summed E-state index contributed by atoms with van der Waals surface area (Å²) in [5.74, 6) is -1.35. The van der Waals surface area contributed by atoms with E-state index >= 15 is 0 Å². The molecule has 1 amide bonds. The van der Waals surface area contributed by atoms with Crippen LogP contribution in [0.1, 0.15) is 29.8 Å². The molecule has 2 rings (SSSR count). The highest BCUT2D eigenvalue weighted by atomic mass is 35.5. The normalized spacial score (nSPS) is 10.6. The van der Waals surface area contributed by atoms with Crippen molar-refractivity contribution < 1.29 is 33.3 Å². The summed E-state index contributed by atoms with van der Waals surface area (Å²) in [5, 5.41) is 12.2. The highest BCUT2D eigenvalue weighted by molar-refractivity contribution is 6.32. The Morgan fingerprint density at radius 3 is 2.38 bits per heavy atom. The molecule has 0 aliphatic heterocycles. The van der Waals surface area contributed by atoms with Crippen LogP contribution in [0.3, 0.4) is 0 Å². The summed E-state index contributed by atoms with van der Waals surface area (Å²) in [5.41, 5.74) is 0.912. The Morgan fingerprint density at radius 1 is 1.09 bits per heavy atom. The minimum absolute atomic E-state index is 0.123. The highest BCUT2D eigenvalue weighted by Gasteiger charge is 2.16. The van der Waals surface area contributed by atoms with Crippen LogP contribution in [0.25, 0.3) is 6.08 Å². The zero-order valence-electron chi connectivity index (χ0n) is 18.8. The van der Waals surface area contributed by atoms with Gasteiger partial charge in [0, 0.05) is 5.69 Å². The Balaban J connectivity index is 2.25. The minimum Gasteiger partial charge on any atom is -0.490 e. The number of halogens is 1. The van der Waals surface area contributed by atoms with Gasteiger partial charge in [0.25, 0.3) is 5.91 Å². The molecule has 0 bridgehead atoms. The Bertz CT molecular complexity index is 1120. The first-order valence-electron chi connectivity index (χ1n) is 10.2. The average Bonchev–Trinajstić information content (AvgIpc) is 2.82. The SMILES string of the molecule is CCOC(=O)COc1c(Cl)cc(/C=C(\C#N)C(=O)Nc2ccc(C(=O)OC)cc2)cc1OCC. The molecule has 0 aromatic heterocycles. The van der Waals surface area contributed by atoms with Gasteiger partial charge in [-0.2, -0.15) is 5.26 Å². The van der Waals surface area contributed by atoms with Crippen LogP contribution in [0.4, 0.5) is 5.69 Å². The molecule has 0 heterocycles. The summed E-state index contributed by atoms with van der Waals surface area (Å²) < 4.78 is 20.5. The number of methoxy groups -OCH3 is 1. The van der Waals surface area contributed by atoms with E-state index in [0.29, 0.717) is 16.8 Å². The van der Waals surface area contributed by atoms with Crippen molar-refractivity contribution in [2.45, 2.75) is 13.8 Å². The van der Waals surface area contributed by atoms with Gasteiger partial charge < -0.3 is 24.3 Å². The molecule has 10 heteroatoms. The highest BCUT2D eigenvalue weighted by Crippen LogP contribution is 2.37. The predicted molar refractivity (Wildman–Crippen MR) is 125 cm³/mol. The summed E-state index contributed by atoms with van der Waals surface area (Å²) in [6, 6.07) is 10.9. The number of hydrogen-bond acceptors (Lipinski definition) is 8. The minimum atomic E-state index is -0.662. The first-order valence-corrected chi connectivity index (χ1v) is 10.6. The molecule has 0 spiro atoms. The zero-order chi connectivity index (χ0) is 25.1. The van der Waals surface area contributed by atoms with Crippen LogP contribution in [-0.4, -0.2) is 44.8 Å². The molecular weight excluding hydrogens is 464 g/mol. The van der Waals surface area contributed by atoms with Gasteiger partial charge in [-0.05, 0) is 61.9 Å². The monoisotopic (exact) mass is 486 g/mol. The molecule has 34 heavy (non-hydrogen) atoms. The number of anilines is 1. The third kappa shape index (κ3) is 7.25. The fourth-order valence-corrected chi connectivity index (χ4v) is 3.00. The topological polar surface area (TPSA) is 124 Å². The zero-order valence-corrected chi connectivity index (χ0v) is 19.6. The molecule has 0 unspecified atom stereocenters. The number of benzene rings is 2. The summed E-state index contributed by atoms with van der Waals surface area (Å²) in [7, 11) is 1.27. The number of nitrogens with one attached hydrogen (secondary N) is 1. The molecule has 9 nitrogen and oxygen atoms in total. The van der Waals surface area contributed by atoms with Crippen molar-refractivity contribution in [1.82, 2.24) is 0 Å². The van der Waals surface area contributed by atoms with E-state index in [2.05, 4.69) is 10.1 Å². The van der Waals surface area contributed by atoms with E-state index in [-0.39, 0.29) is 41.9 Å². The Hall–Kier alpha value is -4.03. The molecule has 1 N–H and O–H groups in total. The molecule has 0 fully saturated rings. The van der Waals surface area contributed by atoms with E-state index in [1.54, 1.807) is 13.8 Å². The van der Waals surface area contributed by atoms with Crippen LogP contribution < -0.4 is 14.8 Å². The lowest BCUT2D eigenvalue weighted by Crippen LogP contribution is -2.15. The molecule has 0 aliphatic carbocycles. The lowest BCUT2D eigenvalue weighted by atomic mass is 10.1. The lowest BCUT2D eigenvalue weighted by molar-refractivity contribution is -0.145. The smallest absolute Gasteiger partial charge is 0.344 e. The van der Waals surface area contributed by atoms with E-state index in [4.69, 9.17) is 25.8 Å². The van der Waals surface area contributed by atoms with Crippen molar-refractivity contribution >= 4 is 41.2 Å². The van der Waals surface area contributed by atoms with Gasteiger partial charge in [0.2, 0.25) is 0 Å². The van der Waals surface area contributed by atoms with Crippen molar-refractivity contribution in [2.75, 3.05) is 32.2 Å². The van der Waals surface area contributed by atoms with Gasteiger partial charge in [0.15, 0.2) is 18.1 Å². The Morgan fingerprint density at radius 2 is 1.79 bits per heavy atom. The fourth-order valence-electron chi connectivity index (χ4n) is 2.73. The largest absolute Gasteiger partial charge is 0.490 e. The van der Waals surface area contributed by atoms with E-state index in [1.807, 2.05) is 6.07 Å². The molecule has 0 atom stereocenters. The van der Waals surface area contributed by atoms with Crippen molar-refractivity contribution in [3.63, 3.8) is 0 Å². The van der Waals surface area contributed by atoms with Crippen LogP contribution in [0, 0.1) is 11.3 Å². The van der Waals surface area contributed by atoms with Crippen molar-refractivity contribution in [1.29, 1.82) is 5.26 Å². The summed E-state index contributed by atoms with van der Waals surface area (Å²) >= 11 is 6.31. The second kappa shape index (κ2) is 12.9. The molecule has 0 saturated carbocycles. The average molecular weight is 487 g/mol. The standard InChI is InChI=1S/C24H23ClN2O7/c1-4-32-20-12-15(11-19(25)22(20)34-14-21(28)33-5-2)10-17(13-26)23(29)27-18-8-6-16(7-9-18)24(30)31-3/h6-12H,4-5,14H2,1-3H3,(H,27,29)/b17-10+. The summed E-state index contributed by atoms with van der Waals surface area (Å²) in [4.78, 5) is 35.7. The quantitative estimate of drug-likeness (QED) is 0.303. The van der Waals surface area contributed by atoms with Crippen LogP contribution in [0.2, 0.25) is 5.02 Å². The molecule has 0 saturated heterocycles. The number of esters is 2. The maximum atomic E-state index is 12.6. The lowest BCUT2D eigenvalue weighted by Gasteiger charge is -2.14.